The molecule has 1 amide bonds. The van der Waals surface area contributed by atoms with Crippen LogP contribution in [0, 0.1) is 13.8 Å². The number of aliphatic imine (C=N–C) groups is 1. The third-order valence-corrected chi connectivity index (χ3v) is 6.25. The number of hydrogen-bond acceptors (Lipinski definition) is 6. The van der Waals surface area contributed by atoms with Crippen LogP contribution in [0.25, 0.3) is 11.8 Å². The summed E-state index contributed by atoms with van der Waals surface area (Å²) in [6, 6.07) is 16.7. The second-order valence-electron chi connectivity index (χ2n) is 7.58. The van der Waals surface area contributed by atoms with Crippen molar-refractivity contribution < 1.29 is 19.1 Å². The molecule has 1 saturated heterocycles. The fourth-order valence-corrected chi connectivity index (χ4v) is 4.61. The molecule has 174 valence electrons. The van der Waals surface area contributed by atoms with E-state index in [1.165, 1.54) is 18.9 Å². The Labute approximate surface area is 202 Å². The maximum atomic E-state index is 12.6. The summed E-state index contributed by atoms with van der Waals surface area (Å²) in [5.41, 5.74) is 4.67. The molecule has 0 bridgehead atoms. The molecule has 34 heavy (non-hydrogen) atoms. The summed E-state index contributed by atoms with van der Waals surface area (Å²) in [6.45, 7) is 6.45. The average Bonchev–Trinajstić information content (AvgIpc) is 3.32. The van der Waals surface area contributed by atoms with Crippen molar-refractivity contribution in [2.75, 3.05) is 13.7 Å². The Morgan fingerprint density at radius 3 is 2.59 bits per heavy atom. The summed E-state index contributed by atoms with van der Waals surface area (Å²) in [5.74, 6) is 0.178. The fraction of sp³-hybridized carbons (Fsp3) is 0.192. The van der Waals surface area contributed by atoms with E-state index in [0.29, 0.717) is 22.2 Å². The van der Waals surface area contributed by atoms with Gasteiger partial charge in [0, 0.05) is 11.4 Å². The Balaban J connectivity index is 1.62. The second kappa shape index (κ2) is 10.0. The number of para-hydroxylation sites is 1. The minimum atomic E-state index is -0.399. The smallest absolute Gasteiger partial charge is 0.339 e. The zero-order chi connectivity index (χ0) is 24.2. The topological polar surface area (TPSA) is 81.9 Å². The van der Waals surface area contributed by atoms with Crippen LogP contribution in [0.15, 0.2) is 64.5 Å². The highest BCUT2D eigenvalue weighted by Crippen LogP contribution is 2.31. The number of methoxy groups -OCH3 is 1. The van der Waals surface area contributed by atoms with Crippen molar-refractivity contribution in [2.24, 2.45) is 4.99 Å². The largest absolute Gasteiger partial charge is 0.494 e. The predicted octanol–water partition coefficient (Wildman–Crippen LogP) is 5.17. The van der Waals surface area contributed by atoms with Crippen LogP contribution in [0.2, 0.25) is 0 Å². The molecule has 7 nitrogen and oxygen atoms in total. The molecule has 0 aliphatic carbocycles. The molecule has 0 saturated carbocycles. The van der Waals surface area contributed by atoms with Gasteiger partial charge < -0.3 is 19.4 Å². The lowest BCUT2D eigenvalue weighted by molar-refractivity contribution is -0.115. The maximum Gasteiger partial charge on any atom is 0.339 e. The first-order valence-electron chi connectivity index (χ1n) is 10.8. The van der Waals surface area contributed by atoms with Crippen LogP contribution < -0.4 is 10.1 Å². The molecule has 0 atom stereocenters. The molecule has 0 spiro atoms. The first-order valence-corrected chi connectivity index (χ1v) is 11.6. The zero-order valence-corrected chi connectivity index (χ0v) is 20.2. The average molecular weight is 476 g/mol. The van der Waals surface area contributed by atoms with Gasteiger partial charge in [0.2, 0.25) is 0 Å². The molecule has 0 unspecified atom stereocenters. The summed E-state index contributed by atoms with van der Waals surface area (Å²) in [5, 5.41) is 3.34. The molecule has 2 aromatic carbocycles. The lowest BCUT2D eigenvalue weighted by atomic mass is 10.1. The van der Waals surface area contributed by atoms with Crippen LogP contribution in [0.5, 0.6) is 5.75 Å². The number of carbonyl (C=O) groups excluding carboxylic acids is 2. The van der Waals surface area contributed by atoms with E-state index < -0.39 is 5.97 Å². The lowest BCUT2D eigenvalue weighted by Crippen LogP contribution is -2.19. The number of benzene rings is 2. The minimum Gasteiger partial charge on any atom is -0.494 e. The molecule has 8 heteroatoms. The van der Waals surface area contributed by atoms with Gasteiger partial charge >= 0.3 is 5.97 Å². The van der Waals surface area contributed by atoms with Gasteiger partial charge in [-0.2, -0.15) is 0 Å². The lowest BCUT2D eigenvalue weighted by Gasteiger charge is -2.13. The van der Waals surface area contributed by atoms with Crippen molar-refractivity contribution in [3.8, 4) is 11.4 Å². The molecule has 1 aliphatic heterocycles. The minimum absolute atomic E-state index is 0.200. The zero-order valence-electron chi connectivity index (χ0n) is 19.4. The number of hydrogen-bond donors (Lipinski definition) is 1. The van der Waals surface area contributed by atoms with Crippen LogP contribution in [0.4, 0.5) is 5.69 Å². The Hall–Kier alpha value is -3.78. The summed E-state index contributed by atoms with van der Waals surface area (Å²) >= 11 is 1.29. The summed E-state index contributed by atoms with van der Waals surface area (Å²) in [4.78, 5) is 30.0. The van der Waals surface area contributed by atoms with Crippen LogP contribution >= 0.6 is 11.8 Å². The Morgan fingerprint density at radius 2 is 1.88 bits per heavy atom. The van der Waals surface area contributed by atoms with Crippen LogP contribution in [0.3, 0.4) is 0 Å². The predicted molar refractivity (Wildman–Crippen MR) is 135 cm³/mol. The molecule has 4 rings (SSSR count). The van der Waals surface area contributed by atoms with Gasteiger partial charge in [0.1, 0.15) is 5.75 Å². The SMILES string of the molecule is CCOc1ccc(N=C2NC(=O)/C(=C\c3cc(C)n(-c4ccccc4C(=O)OC)c3C)S2)cc1. The van der Waals surface area contributed by atoms with Crippen molar-refractivity contribution in [1.82, 2.24) is 9.88 Å². The quantitative estimate of drug-likeness (QED) is 0.393. The highest BCUT2D eigenvalue weighted by Gasteiger charge is 2.25. The van der Waals surface area contributed by atoms with Crippen molar-refractivity contribution in [2.45, 2.75) is 20.8 Å². The molecule has 0 radical (unpaired) electrons. The van der Waals surface area contributed by atoms with Crippen molar-refractivity contribution in [3.63, 3.8) is 0 Å². The number of thioether (sulfide) groups is 1. The molecule has 1 N–H and O–H groups in total. The van der Waals surface area contributed by atoms with E-state index in [1.54, 1.807) is 12.1 Å². The van der Waals surface area contributed by atoms with Gasteiger partial charge in [-0.15, -0.1) is 0 Å². The van der Waals surface area contributed by atoms with Gasteiger partial charge in [-0.25, -0.2) is 9.79 Å². The van der Waals surface area contributed by atoms with Gasteiger partial charge in [0.25, 0.3) is 5.91 Å². The first-order chi connectivity index (χ1) is 16.4. The summed E-state index contributed by atoms with van der Waals surface area (Å²) < 4.78 is 12.4. The van der Waals surface area contributed by atoms with Crippen molar-refractivity contribution in [1.29, 1.82) is 0 Å². The Morgan fingerprint density at radius 1 is 1.15 bits per heavy atom. The second-order valence-corrected chi connectivity index (χ2v) is 8.61. The van der Waals surface area contributed by atoms with Gasteiger partial charge in [-0.05, 0) is 86.6 Å². The molecule has 2 heterocycles. The van der Waals surface area contributed by atoms with Crippen molar-refractivity contribution >= 4 is 40.6 Å². The molecule has 1 aliphatic rings. The van der Waals surface area contributed by atoms with E-state index in [9.17, 15) is 9.59 Å². The summed E-state index contributed by atoms with van der Waals surface area (Å²) in [6.07, 6.45) is 1.85. The van der Waals surface area contributed by atoms with Gasteiger partial charge in [0.15, 0.2) is 5.17 Å². The number of nitrogens with zero attached hydrogens (tertiary/aromatic N) is 2. The van der Waals surface area contributed by atoms with Gasteiger partial charge in [-0.3, -0.25) is 4.79 Å². The van der Waals surface area contributed by atoms with Gasteiger partial charge in [-0.1, -0.05) is 12.1 Å². The number of amides is 1. The number of ether oxygens (including phenoxy) is 2. The van der Waals surface area contributed by atoms with Crippen LogP contribution in [0.1, 0.15) is 34.2 Å². The standard InChI is InChI=1S/C26H25N3O4S/c1-5-33-20-12-10-19(11-13-20)27-26-28-24(30)23(34-26)15-18-14-16(2)29(17(18)3)22-9-7-6-8-21(22)25(31)32-4/h6-15H,5H2,1-4H3,(H,27,28,30)/b23-15+. The number of rotatable bonds is 6. The number of nitrogens with one attached hydrogen (secondary N) is 1. The number of aryl methyl sites for hydroxylation is 1. The van der Waals surface area contributed by atoms with Crippen LogP contribution in [-0.2, 0) is 9.53 Å². The molecular formula is C26H25N3O4S. The van der Waals surface area contributed by atoms with Crippen LogP contribution in [-0.4, -0.2) is 35.3 Å². The van der Waals surface area contributed by atoms with E-state index in [0.717, 1.165) is 34.1 Å². The van der Waals surface area contributed by atoms with E-state index in [4.69, 9.17) is 9.47 Å². The van der Waals surface area contributed by atoms with E-state index >= 15 is 0 Å². The monoisotopic (exact) mass is 475 g/mol. The maximum absolute atomic E-state index is 12.6. The number of carbonyl (C=O) groups is 2. The number of aromatic nitrogens is 1. The fourth-order valence-electron chi connectivity index (χ4n) is 3.78. The highest BCUT2D eigenvalue weighted by molar-refractivity contribution is 8.18. The molecular weight excluding hydrogens is 450 g/mol. The molecule has 1 aromatic heterocycles. The summed E-state index contributed by atoms with van der Waals surface area (Å²) in [7, 11) is 1.37. The van der Waals surface area contributed by atoms with E-state index in [2.05, 4.69) is 10.3 Å². The molecule has 3 aromatic rings. The third-order valence-electron chi connectivity index (χ3n) is 5.34. The van der Waals surface area contributed by atoms with Crippen molar-refractivity contribution in [3.05, 3.63) is 82.0 Å². The third kappa shape index (κ3) is 4.77. The van der Waals surface area contributed by atoms with E-state index in [1.807, 2.05) is 73.9 Å². The highest BCUT2D eigenvalue weighted by atomic mass is 32.2. The normalized spacial score (nSPS) is 15.6. The Bertz CT molecular complexity index is 1310. The van der Waals surface area contributed by atoms with Gasteiger partial charge in [0.05, 0.1) is 35.6 Å². The Kier molecular flexibility index (Phi) is 6.88. The van der Waals surface area contributed by atoms with E-state index in [-0.39, 0.29) is 5.91 Å². The molecule has 1 fully saturated rings. The number of amidine groups is 1. The number of esters is 1. The first kappa shape index (κ1) is 23.4.